The molecule has 0 N–H and O–H groups in total. The molecule has 5 nitrogen and oxygen atoms in total. The second-order valence-electron chi connectivity index (χ2n) is 14.9. The Hall–Kier alpha value is -7.24. The number of aromatic nitrogens is 2. The molecule has 5 heteroatoms. The van der Waals surface area contributed by atoms with Crippen LogP contribution in [0.4, 0.5) is 0 Å². The van der Waals surface area contributed by atoms with Crippen LogP contribution in [-0.4, -0.2) is 27.9 Å². The molecule has 1 spiro atoms. The number of amidine groups is 2. The fourth-order valence-corrected chi connectivity index (χ4v) is 9.64. The van der Waals surface area contributed by atoms with E-state index in [9.17, 15) is 0 Å². The molecule has 8 aromatic rings. The van der Waals surface area contributed by atoms with E-state index in [1.165, 1.54) is 55.4 Å². The van der Waals surface area contributed by atoms with Crippen molar-refractivity contribution in [3.63, 3.8) is 0 Å². The van der Waals surface area contributed by atoms with E-state index in [4.69, 9.17) is 9.98 Å². The van der Waals surface area contributed by atoms with Gasteiger partial charge in [-0.3, -0.25) is 9.98 Å². The van der Waals surface area contributed by atoms with Crippen LogP contribution in [0.1, 0.15) is 51.8 Å². The number of hydrogen-bond donors (Lipinski definition) is 0. The minimum absolute atomic E-state index is 0.439. The maximum atomic E-state index is 5.21. The Morgan fingerprint density at radius 2 is 1.35 bits per heavy atom. The third-order valence-electron chi connectivity index (χ3n) is 12.0. The zero-order valence-corrected chi connectivity index (χ0v) is 31.3. The van der Waals surface area contributed by atoms with Crippen molar-refractivity contribution in [2.75, 3.05) is 0 Å². The Balaban J connectivity index is 1.11. The maximum Gasteiger partial charge on any atom is 0.161 e. The smallest absolute Gasteiger partial charge is 0.161 e. The average Bonchev–Trinajstić information content (AvgIpc) is 3.88. The molecule has 3 aliphatic rings. The van der Waals surface area contributed by atoms with Crippen LogP contribution >= 0.6 is 0 Å². The quantitative estimate of drug-likeness (QED) is 0.128. The average molecular weight is 732 g/mol. The fourth-order valence-electron chi connectivity index (χ4n) is 9.64. The summed E-state index contributed by atoms with van der Waals surface area (Å²) in [7, 11) is 0. The van der Waals surface area contributed by atoms with Gasteiger partial charge in [-0.15, -0.1) is 0 Å². The fraction of sp³-hybridized carbons (Fsp3) is 0.0769. The monoisotopic (exact) mass is 731 g/mol. The summed E-state index contributed by atoms with van der Waals surface area (Å²) in [6, 6.07) is 54.1. The summed E-state index contributed by atoms with van der Waals surface area (Å²) < 4.78 is 2.41. The molecular formula is C52H37N5. The minimum Gasteiger partial charge on any atom is -0.309 e. The molecule has 2 heterocycles. The van der Waals surface area contributed by atoms with Crippen molar-refractivity contribution in [1.82, 2.24) is 9.55 Å². The van der Waals surface area contributed by atoms with Crippen LogP contribution < -0.4 is 0 Å². The lowest BCUT2D eigenvalue weighted by molar-refractivity contribution is 0.712. The lowest BCUT2D eigenvalue weighted by Gasteiger charge is -2.34. The van der Waals surface area contributed by atoms with E-state index in [-0.39, 0.29) is 0 Å². The zero-order chi connectivity index (χ0) is 37.9. The third-order valence-corrected chi connectivity index (χ3v) is 12.0. The summed E-state index contributed by atoms with van der Waals surface area (Å²) in [5, 5.41) is 2.36. The van der Waals surface area contributed by atoms with Crippen molar-refractivity contribution >= 4 is 45.8 Å². The van der Waals surface area contributed by atoms with Crippen LogP contribution in [0.25, 0.3) is 44.2 Å². The Morgan fingerprint density at radius 1 is 0.649 bits per heavy atom. The van der Waals surface area contributed by atoms with Gasteiger partial charge in [-0.1, -0.05) is 140 Å². The highest BCUT2D eigenvalue weighted by atomic mass is 15.0. The van der Waals surface area contributed by atoms with Gasteiger partial charge >= 0.3 is 0 Å². The highest BCUT2D eigenvalue weighted by Gasteiger charge is 2.52. The van der Waals surface area contributed by atoms with E-state index in [1.807, 2.05) is 73.1 Å². The Labute approximate surface area is 331 Å². The summed E-state index contributed by atoms with van der Waals surface area (Å²) in [6.45, 7) is 4.32. The van der Waals surface area contributed by atoms with E-state index in [2.05, 4.69) is 124 Å². The van der Waals surface area contributed by atoms with Crippen molar-refractivity contribution < 1.29 is 0 Å². The molecule has 0 saturated carbocycles. The topological polar surface area (TPSA) is 54.9 Å². The first-order valence-electron chi connectivity index (χ1n) is 19.6. The number of benzene rings is 6. The van der Waals surface area contributed by atoms with Gasteiger partial charge in [0.2, 0.25) is 0 Å². The van der Waals surface area contributed by atoms with Crippen molar-refractivity contribution in [3.8, 4) is 16.8 Å². The number of hydrogen-bond acceptors (Lipinski definition) is 2. The molecule has 2 aromatic heterocycles. The number of fused-ring (bicyclic) bond motifs is 12. The highest BCUT2D eigenvalue weighted by Crippen LogP contribution is 2.64. The van der Waals surface area contributed by atoms with Gasteiger partial charge in [0.25, 0.3) is 0 Å². The van der Waals surface area contributed by atoms with Crippen molar-refractivity contribution in [1.29, 1.82) is 0 Å². The SMILES string of the molecule is C=NC(=NC(=NCc1ccc2c(c1)C1(C3=C2C=CCC3)c2ccccc2-c2ccc(-n3c4ccccc4c4cnccc43)cc21)c1ccccc1)c1ccccc1. The molecule has 1 atom stereocenters. The number of para-hydroxylation sites is 1. The van der Waals surface area contributed by atoms with Gasteiger partial charge < -0.3 is 4.57 Å². The first kappa shape index (κ1) is 33.1. The van der Waals surface area contributed by atoms with E-state index in [0.717, 1.165) is 46.1 Å². The van der Waals surface area contributed by atoms with Crippen LogP contribution in [-0.2, 0) is 12.0 Å². The molecule has 57 heavy (non-hydrogen) atoms. The van der Waals surface area contributed by atoms with Crippen molar-refractivity contribution in [3.05, 3.63) is 221 Å². The predicted molar refractivity (Wildman–Crippen MR) is 235 cm³/mol. The molecule has 3 aliphatic carbocycles. The molecule has 6 aromatic carbocycles. The second kappa shape index (κ2) is 13.2. The molecule has 0 radical (unpaired) electrons. The molecule has 1 unspecified atom stereocenters. The van der Waals surface area contributed by atoms with E-state index in [0.29, 0.717) is 18.2 Å². The second-order valence-corrected chi connectivity index (χ2v) is 14.9. The molecular weight excluding hydrogens is 695 g/mol. The number of pyridine rings is 1. The standard InChI is InChI=1S/C52H37N5/c1-53-50(35-14-4-2-5-15-35)56-51(36-16-6-3-7-17-36)55-32-34-24-26-40-38-18-8-11-21-44(38)52(46(40)30-34)45-22-12-9-19-39(45)41-27-25-37(31-47(41)52)57-48-23-13-10-20-42(48)43-33-54-29-28-49(43)57/h2-10,12-20,22-31,33H,1,11,21,32H2. The molecule has 0 bridgehead atoms. The van der Waals surface area contributed by atoms with Crippen LogP contribution in [0.15, 0.2) is 197 Å². The van der Waals surface area contributed by atoms with Gasteiger partial charge in [0.1, 0.15) is 0 Å². The first-order valence-corrected chi connectivity index (χ1v) is 19.6. The van der Waals surface area contributed by atoms with E-state index < -0.39 is 5.41 Å². The summed E-state index contributed by atoms with van der Waals surface area (Å²) in [4.78, 5) is 19.0. The number of rotatable bonds is 5. The number of allylic oxidation sites excluding steroid dienone is 4. The normalized spacial score (nSPS) is 16.9. The van der Waals surface area contributed by atoms with Crippen molar-refractivity contribution in [2.45, 2.75) is 24.8 Å². The number of nitrogens with zero attached hydrogens (tertiary/aromatic N) is 5. The Bertz CT molecular complexity index is 3000. The number of aliphatic imine (C=N–C) groups is 3. The molecule has 270 valence electrons. The highest BCUT2D eigenvalue weighted by molar-refractivity contribution is 6.13. The third kappa shape index (κ3) is 5.02. The van der Waals surface area contributed by atoms with Crippen LogP contribution in [0.3, 0.4) is 0 Å². The molecule has 0 saturated heterocycles. The Morgan fingerprint density at radius 3 is 2.19 bits per heavy atom. The molecule has 0 aliphatic heterocycles. The lowest BCUT2D eigenvalue weighted by Crippen LogP contribution is -2.28. The van der Waals surface area contributed by atoms with Gasteiger partial charge in [-0.25, -0.2) is 9.98 Å². The summed E-state index contributed by atoms with van der Waals surface area (Å²) in [5.74, 6) is 1.17. The van der Waals surface area contributed by atoms with Gasteiger partial charge in [0.15, 0.2) is 11.7 Å². The van der Waals surface area contributed by atoms with Gasteiger partial charge in [-0.2, -0.15) is 0 Å². The van der Waals surface area contributed by atoms with E-state index in [1.54, 1.807) is 0 Å². The van der Waals surface area contributed by atoms with Crippen molar-refractivity contribution in [2.24, 2.45) is 15.0 Å². The first-order chi connectivity index (χ1) is 28.2. The summed E-state index contributed by atoms with van der Waals surface area (Å²) >= 11 is 0. The Kier molecular flexibility index (Phi) is 7.68. The zero-order valence-electron chi connectivity index (χ0n) is 31.3. The van der Waals surface area contributed by atoms with Gasteiger partial charge in [0.05, 0.1) is 23.0 Å². The maximum absolute atomic E-state index is 5.21. The molecule has 11 rings (SSSR count). The molecule has 0 fully saturated rings. The minimum atomic E-state index is -0.439. The van der Waals surface area contributed by atoms with Crippen LogP contribution in [0.5, 0.6) is 0 Å². The summed E-state index contributed by atoms with van der Waals surface area (Å²) in [6.07, 6.45) is 10.6. The summed E-state index contributed by atoms with van der Waals surface area (Å²) in [5.41, 5.74) is 16.7. The largest absolute Gasteiger partial charge is 0.309 e. The lowest BCUT2D eigenvalue weighted by atomic mass is 9.68. The predicted octanol–water partition coefficient (Wildman–Crippen LogP) is 11.7. The van der Waals surface area contributed by atoms with Crippen LogP contribution in [0, 0.1) is 0 Å². The van der Waals surface area contributed by atoms with Gasteiger partial charge in [0, 0.05) is 40.0 Å². The van der Waals surface area contributed by atoms with Gasteiger partial charge in [-0.05, 0) is 93.9 Å². The van der Waals surface area contributed by atoms with E-state index >= 15 is 0 Å². The van der Waals surface area contributed by atoms with Crippen LogP contribution in [0.2, 0.25) is 0 Å². The molecule has 0 amide bonds.